The highest BCUT2D eigenvalue weighted by Crippen LogP contribution is 2.35. The maximum Gasteiger partial charge on any atom is 0.341 e. The first-order valence-electron chi connectivity index (χ1n) is 9.95. The number of ether oxygens (including phenoxy) is 2. The molecule has 0 bridgehead atoms. The quantitative estimate of drug-likeness (QED) is 0.709. The molecular weight excluding hydrogens is 388 g/mol. The minimum absolute atomic E-state index is 0.0715. The number of benzene rings is 1. The summed E-state index contributed by atoms with van der Waals surface area (Å²) in [6.07, 6.45) is 0.878. The Balaban J connectivity index is 1.84. The summed E-state index contributed by atoms with van der Waals surface area (Å²) in [7, 11) is 1.37. The van der Waals surface area contributed by atoms with E-state index in [0.29, 0.717) is 22.2 Å². The van der Waals surface area contributed by atoms with Crippen molar-refractivity contribution in [1.82, 2.24) is 0 Å². The van der Waals surface area contributed by atoms with Crippen LogP contribution in [0.1, 0.15) is 58.9 Å². The van der Waals surface area contributed by atoms with Crippen molar-refractivity contribution in [2.24, 2.45) is 0 Å². The second-order valence-corrected chi connectivity index (χ2v) is 8.94. The molecule has 0 saturated carbocycles. The Hall–Kier alpha value is -2.38. The number of hydrogen-bond donors (Lipinski definition) is 2. The summed E-state index contributed by atoms with van der Waals surface area (Å²) >= 11 is 1.48. The molecule has 29 heavy (non-hydrogen) atoms. The van der Waals surface area contributed by atoms with E-state index >= 15 is 0 Å². The summed E-state index contributed by atoms with van der Waals surface area (Å²) in [5, 5.41) is 3.50. The summed E-state index contributed by atoms with van der Waals surface area (Å²) in [5.41, 5.74) is 2.03. The van der Waals surface area contributed by atoms with E-state index in [1.165, 1.54) is 23.3 Å². The highest BCUT2D eigenvalue weighted by atomic mass is 32.1. The molecule has 0 saturated heterocycles. The van der Waals surface area contributed by atoms with Crippen molar-refractivity contribution in [3.05, 3.63) is 45.8 Å². The Labute approximate surface area is 175 Å². The summed E-state index contributed by atoms with van der Waals surface area (Å²) in [6.45, 7) is 10.1. The van der Waals surface area contributed by atoms with Crippen LogP contribution < -0.4 is 15.0 Å². The lowest BCUT2D eigenvalue weighted by Crippen LogP contribution is -3.14. The molecule has 1 aliphatic heterocycles. The topological polar surface area (TPSA) is 69.1 Å². The van der Waals surface area contributed by atoms with Crippen LogP contribution in [-0.4, -0.2) is 37.7 Å². The van der Waals surface area contributed by atoms with E-state index in [2.05, 4.69) is 19.2 Å². The Kier molecular flexibility index (Phi) is 6.59. The van der Waals surface area contributed by atoms with Gasteiger partial charge in [-0.3, -0.25) is 4.79 Å². The lowest BCUT2D eigenvalue weighted by Gasteiger charge is -2.27. The molecule has 6 nitrogen and oxygen atoms in total. The van der Waals surface area contributed by atoms with Crippen molar-refractivity contribution >= 4 is 28.2 Å². The van der Waals surface area contributed by atoms with Gasteiger partial charge >= 0.3 is 5.97 Å². The van der Waals surface area contributed by atoms with E-state index in [1.807, 2.05) is 13.8 Å². The largest absolute Gasteiger partial charge is 0.491 e. The fourth-order valence-corrected chi connectivity index (χ4v) is 4.81. The zero-order valence-electron chi connectivity index (χ0n) is 17.6. The number of methoxy groups -OCH3 is 1. The van der Waals surface area contributed by atoms with Crippen LogP contribution in [0.15, 0.2) is 24.3 Å². The van der Waals surface area contributed by atoms with Gasteiger partial charge in [-0.1, -0.05) is 0 Å². The van der Waals surface area contributed by atoms with E-state index in [0.717, 1.165) is 35.7 Å². The lowest BCUT2D eigenvalue weighted by molar-refractivity contribution is -0.936. The first-order valence-corrected chi connectivity index (χ1v) is 10.8. The van der Waals surface area contributed by atoms with Gasteiger partial charge in [0.25, 0.3) is 5.91 Å². The van der Waals surface area contributed by atoms with Crippen LogP contribution in [0.3, 0.4) is 0 Å². The number of hydrogen-bond acceptors (Lipinski definition) is 5. The van der Waals surface area contributed by atoms with Gasteiger partial charge < -0.3 is 19.7 Å². The van der Waals surface area contributed by atoms with Crippen LogP contribution in [0.4, 0.5) is 5.00 Å². The number of rotatable bonds is 6. The lowest BCUT2D eigenvalue weighted by atomic mass is 10.0. The van der Waals surface area contributed by atoms with Crippen molar-refractivity contribution < 1.29 is 24.0 Å². The molecule has 0 aliphatic carbocycles. The minimum atomic E-state index is -0.397. The van der Waals surface area contributed by atoms with E-state index in [-0.39, 0.29) is 12.0 Å². The number of thiophene rings is 1. The van der Waals surface area contributed by atoms with Gasteiger partial charge in [-0.25, -0.2) is 4.79 Å². The molecule has 1 aromatic carbocycles. The fourth-order valence-electron chi connectivity index (χ4n) is 3.53. The van der Waals surface area contributed by atoms with Crippen LogP contribution in [0, 0.1) is 0 Å². The van der Waals surface area contributed by atoms with Crippen LogP contribution in [0.2, 0.25) is 0 Å². The molecule has 1 amide bonds. The third-order valence-electron chi connectivity index (χ3n) is 5.10. The van der Waals surface area contributed by atoms with Crippen molar-refractivity contribution in [2.75, 3.05) is 19.0 Å². The molecule has 0 spiro atoms. The number of quaternary nitrogens is 1. The van der Waals surface area contributed by atoms with Crippen molar-refractivity contribution in [3.8, 4) is 5.75 Å². The summed E-state index contributed by atoms with van der Waals surface area (Å²) in [6, 6.07) is 7.52. The molecule has 7 heteroatoms. The average molecular weight is 418 g/mol. The van der Waals surface area contributed by atoms with Gasteiger partial charge in [0.05, 0.1) is 36.2 Å². The number of nitrogens with one attached hydrogen (secondary N) is 2. The van der Waals surface area contributed by atoms with Crippen LogP contribution in [0.5, 0.6) is 5.75 Å². The molecule has 0 fully saturated rings. The van der Waals surface area contributed by atoms with E-state index in [4.69, 9.17) is 9.47 Å². The van der Waals surface area contributed by atoms with Gasteiger partial charge in [0.1, 0.15) is 17.3 Å². The van der Waals surface area contributed by atoms with Gasteiger partial charge in [0, 0.05) is 12.0 Å². The maximum absolute atomic E-state index is 12.8. The molecule has 1 atom stereocenters. The monoisotopic (exact) mass is 417 g/mol. The Bertz CT molecular complexity index is 887. The molecule has 3 rings (SSSR count). The molecule has 2 heterocycles. The standard InChI is InChI=1S/C22H28N2O4S/c1-13(2)24-11-10-17-18(12-24)29-21(19(17)22(26)27-5)23-20(25)15-6-8-16(9-7-15)28-14(3)4/h6-9,13-14H,10-12H2,1-5H3,(H,23,25)/p+1. The van der Waals surface area contributed by atoms with Gasteiger partial charge in [-0.05, 0) is 57.5 Å². The Morgan fingerprint density at radius 3 is 2.41 bits per heavy atom. The fraction of sp³-hybridized carbons (Fsp3) is 0.455. The SMILES string of the molecule is COC(=O)c1c(NC(=O)c2ccc(OC(C)C)cc2)sc2c1CC[NH+](C(C)C)C2. The van der Waals surface area contributed by atoms with Crippen LogP contribution in [0.25, 0.3) is 0 Å². The van der Waals surface area contributed by atoms with Crippen molar-refractivity contribution in [1.29, 1.82) is 0 Å². The minimum Gasteiger partial charge on any atom is -0.491 e. The first kappa shape index (κ1) is 21.3. The number of carbonyl (C=O) groups is 2. The zero-order chi connectivity index (χ0) is 21.1. The summed E-state index contributed by atoms with van der Waals surface area (Å²) in [5.74, 6) is 0.0690. The van der Waals surface area contributed by atoms with Crippen molar-refractivity contribution in [2.45, 2.75) is 52.8 Å². The van der Waals surface area contributed by atoms with Crippen LogP contribution in [-0.2, 0) is 17.7 Å². The second-order valence-electron chi connectivity index (χ2n) is 7.83. The Morgan fingerprint density at radius 2 is 1.83 bits per heavy atom. The van der Waals surface area contributed by atoms with Gasteiger partial charge in [0.15, 0.2) is 0 Å². The number of amides is 1. The number of carbonyl (C=O) groups excluding carboxylic acids is 2. The van der Waals surface area contributed by atoms with Gasteiger partial charge in [0.2, 0.25) is 0 Å². The molecule has 156 valence electrons. The van der Waals surface area contributed by atoms with Crippen LogP contribution >= 0.6 is 11.3 Å². The predicted octanol–water partition coefficient (Wildman–Crippen LogP) is 2.92. The summed E-state index contributed by atoms with van der Waals surface area (Å²) in [4.78, 5) is 27.9. The van der Waals surface area contributed by atoms with E-state index in [1.54, 1.807) is 24.3 Å². The number of esters is 1. The third kappa shape index (κ3) is 4.79. The highest BCUT2D eigenvalue weighted by Gasteiger charge is 2.32. The number of fused-ring (bicyclic) bond motifs is 1. The van der Waals surface area contributed by atoms with Gasteiger partial charge in [-0.2, -0.15) is 0 Å². The number of anilines is 1. The molecule has 2 N–H and O–H groups in total. The maximum atomic E-state index is 12.8. The first-order chi connectivity index (χ1) is 13.8. The molecule has 1 aliphatic rings. The normalized spacial score (nSPS) is 15.9. The predicted molar refractivity (Wildman–Crippen MR) is 114 cm³/mol. The smallest absolute Gasteiger partial charge is 0.341 e. The molecule has 0 radical (unpaired) electrons. The van der Waals surface area contributed by atoms with E-state index < -0.39 is 5.97 Å². The van der Waals surface area contributed by atoms with Gasteiger partial charge in [-0.15, -0.1) is 11.3 Å². The average Bonchev–Trinajstić information content (AvgIpc) is 3.04. The molecular formula is C22H29N2O4S+. The van der Waals surface area contributed by atoms with E-state index in [9.17, 15) is 9.59 Å². The van der Waals surface area contributed by atoms with Crippen molar-refractivity contribution in [3.63, 3.8) is 0 Å². The Morgan fingerprint density at radius 1 is 1.14 bits per heavy atom. The zero-order valence-corrected chi connectivity index (χ0v) is 18.4. The summed E-state index contributed by atoms with van der Waals surface area (Å²) < 4.78 is 10.6. The molecule has 1 unspecified atom stereocenters. The molecule has 1 aromatic heterocycles. The second kappa shape index (κ2) is 8.97. The molecule has 2 aromatic rings. The highest BCUT2D eigenvalue weighted by molar-refractivity contribution is 7.17. The third-order valence-corrected chi connectivity index (χ3v) is 6.24.